The van der Waals surface area contributed by atoms with Crippen molar-refractivity contribution in [2.24, 2.45) is 11.8 Å². The summed E-state index contributed by atoms with van der Waals surface area (Å²) in [5.74, 6) is -2.35. The molecule has 0 aromatic heterocycles. The van der Waals surface area contributed by atoms with E-state index in [0.29, 0.717) is 31.7 Å². The Labute approximate surface area is 138 Å². The fourth-order valence-corrected chi connectivity index (χ4v) is 3.46. The lowest BCUT2D eigenvalue weighted by Crippen LogP contribution is -2.39. The number of carbonyl (C=O) groups is 1. The average molecular weight is 342 g/mol. The summed E-state index contributed by atoms with van der Waals surface area (Å²) >= 11 is 0. The maximum absolute atomic E-state index is 13.2. The summed E-state index contributed by atoms with van der Waals surface area (Å²) in [6, 6.07) is 5.19. The third kappa shape index (κ3) is 3.83. The summed E-state index contributed by atoms with van der Waals surface area (Å²) in [5, 5.41) is 5.85. The molecule has 2 N–H and O–H groups in total. The number of halogens is 3. The van der Waals surface area contributed by atoms with E-state index >= 15 is 0 Å². The molecule has 1 heterocycles. The number of anilines is 1. The molecule has 3 rings (SSSR count). The van der Waals surface area contributed by atoms with Crippen molar-refractivity contribution in [3.8, 4) is 5.75 Å². The van der Waals surface area contributed by atoms with Gasteiger partial charge in [-0.2, -0.15) is 13.2 Å². The van der Waals surface area contributed by atoms with Gasteiger partial charge in [0.05, 0.1) is 5.92 Å². The van der Waals surface area contributed by atoms with Crippen LogP contribution in [0.4, 0.5) is 18.9 Å². The molecule has 4 nitrogen and oxygen atoms in total. The number of alkyl halides is 3. The molecule has 1 aliphatic carbocycles. The second-order valence-electron chi connectivity index (χ2n) is 6.38. The Balaban J connectivity index is 1.73. The molecule has 0 radical (unpaired) electrons. The standard InChI is InChI=1S/C17H21F3N2O2/c18-17(19,20)14-4-2-1-3-13(14)16(23)22-12-5-6-15-11(9-12)10-21-7-8-24-15/h5-6,9,13-14,21H,1-4,7-8,10H2,(H,22,23). The van der Waals surface area contributed by atoms with Gasteiger partial charge in [0.25, 0.3) is 0 Å². The number of fused-ring (bicyclic) bond motifs is 1. The van der Waals surface area contributed by atoms with Crippen molar-refractivity contribution in [2.45, 2.75) is 38.4 Å². The van der Waals surface area contributed by atoms with Gasteiger partial charge in [0.1, 0.15) is 12.4 Å². The van der Waals surface area contributed by atoms with Crippen LogP contribution in [0, 0.1) is 11.8 Å². The predicted molar refractivity (Wildman–Crippen MR) is 83.8 cm³/mol. The van der Waals surface area contributed by atoms with E-state index < -0.39 is 23.9 Å². The maximum atomic E-state index is 13.2. The summed E-state index contributed by atoms with van der Waals surface area (Å²) in [5.41, 5.74) is 1.40. The molecule has 1 saturated carbocycles. The second kappa shape index (κ2) is 7.01. The molecule has 1 aliphatic heterocycles. The SMILES string of the molecule is O=C(Nc1ccc2c(c1)CNCCO2)C1CCCCC1C(F)(F)F. The van der Waals surface area contributed by atoms with Crippen LogP contribution in [-0.4, -0.2) is 25.2 Å². The van der Waals surface area contributed by atoms with Gasteiger partial charge >= 0.3 is 6.18 Å². The van der Waals surface area contributed by atoms with Crippen LogP contribution in [0.1, 0.15) is 31.2 Å². The lowest BCUT2D eigenvalue weighted by atomic mass is 9.78. The van der Waals surface area contributed by atoms with Gasteiger partial charge < -0.3 is 15.4 Å². The van der Waals surface area contributed by atoms with Crippen LogP contribution in [0.2, 0.25) is 0 Å². The Bertz CT molecular complexity index is 604. The molecule has 7 heteroatoms. The highest BCUT2D eigenvalue weighted by Crippen LogP contribution is 2.42. The quantitative estimate of drug-likeness (QED) is 0.865. The minimum Gasteiger partial charge on any atom is -0.492 e. The molecule has 1 aromatic carbocycles. The Morgan fingerprint density at radius 2 is 2.04 bits per heavy atom. The van der Waals surface area contributed by atoms with Crippen LogP contribution in [0.25, 0.3) is 0 Å². The van der Waals surface area contributed by atoms with Gasteiger partial charge in [-0.3, -0.25) is 4.79 Å². The summed E-state index contributed by atoms with van der Waals surface area (Å²) in [6.45, 7) is 1.90. The molecule has 0 spiro atoms. The van der Waals surface area contributed by atoms with E-state index in [4.69, 9.17) is 4.74 Å². The highest BCUT2D eigenvalue weighted by Gasteiger charge is 2.48. The molecule has 1 fully saturated rings. The zero-order chi connectivity index (χ0) is 17.2. The summed E-state index contributed by atoms with van der Waals surface area (Å²) in [7, 11) is 0. The van der Waals surface area contributed by atoms with E-state index in [1.54, 1.807) is 18.2 Å². The van der Waals surface area contributed by atoms with Crippen LogP contribution in [0.5, 0.6) is 5.75 Å². The number of rotatable bonds is 2. The number of ether oxygens (including phenoxy) is 1. The molecule has 2 atom stereocenters. The number of hydrogen-bond acceptors (Lipinski definition) is 3. The monoisotopic (exact) mass is 342 g/mol. The van der Waals surface area contributed by atoms with Crippen molar-refractivity contribution < 1.29 is 22.7 Å². The molecule has 2 aliphatic rings. The normalized spacial score (nSPS) is 24.5. The fraction of sp³-hybridized carbons (Fsp3) is 0.588. The van der Waals surface area contributed by atoms with Gasteiger partial charge in [-0.1, -0.05) is 12.8 Å². The van der Waals surface area contributed by atoms with E-state index in [0.717, 1.165) is 17.9 Å². The van der Waals surface area contributed by atoms with Gasteiger partial charge in [-0.25, -0.2) is 0 Å². The van der Waals surface area contributed by atoms with E-state index in [2.05, 4.69) is 10.6 Å². The number of carbonyl (C=O) groups excluding carboxylic acids is 1. The lowest BCUT2D eigenvalue weighted by Gasteiger charge is -2.32. The molecule has 1 aromatic rings. The first kappa shape index (κ1) is 17.1. The van der Waals surface area contributed by atoms with E-state index in [9.17, 15) is 18.0 Å². The highest BCUT2D eigenvalue weighted by atomic mass is 19.4. The number of amides is 1. The molecule has 2 unspecified atom stereocenters. The predicted octanol–water partition coefficient (Wildman–Crippen LogP) is 3.48. The smallest absolute Gasteiger partial charge is 0.392 e. The third-order valence-electron chi connectivity index (χ3n) is 4.70. The fourth-order valence-electron chi connectivity index (χ4n) is 3.46. The zero-order valence-electron chi connectivity index (χ0n) is 13.3. The van der Waals surface area contributed by atoms with Crippen molar-refractivity contribution in [3.63, 3.8) is 0 Å². The minimum atomic E-state index is -4.33. The Kier molecular flexibility index (Phi) is 4.99. The van der Waals surface area contributed by atoms with E-state index in [1.807, 2.05) is 0 Å². The highest BCUT2D eigenvalue weighted by molar-refractivity contribution is 5.93. The van der Waals surface area contributed by atoms with Gasteiger partial charge in [0.15, 0.2) is 0 Å². The van der Waals surface area contributed by atoms with Crippen molar-refractivity contribution >= 4 is 11.6 Å². The first-order chi connectivity index (χ1) is 11.4. The van der Waals surface area contributed by atoms with Gasteiger partial charge in [0, 0.05) is 30.3 Å². The molecule has 132 valence electrons. The summed E-state index contributed by atoms with van der Waals surface area (Å²) in [4.78, 5) is 12.4. The van der Waals surface area contributed by atoms with Crippen molar-refractivity contribution in [2.75, 3.05) is 18.5 Å². The minimum absolute atomic E-state index is 0.0313. The van der Waals surface area contributed by atoms with Crippen LogP contribution in [0.15, 0.2) is 18.2 Å². The number of benzene rings is 1. The lowest BCUT2D eigenvalue weighted by molar-refractivity contribution is -0.197. The van der Waals surface area contributed by atoms with Gasteiger partial charge in [0.2, 0.25) is 5.91 Å². The van der Waals surface area contributed by atoms with E-state index in [1.165, 1.54) is 0 Å². The van der Waals surface area contributed by atoms with Crippen LogP contribution >= 0.6 is 0 Å². The first-order valence-corrected chi connectivity index (χ1v) is 8.29. The summed E-state index contributed by atoms with van der Waals surface area (Å²) < 4.78 is 45.0. The number of hydrogen-bond donors (Lipinski definition) is 2. The Morgan fingerprint density at radius 1 is 1.25 bits per heavy atom. The Hall–Kier alpha value is -1.76. The van der Waals surface area contributed by atoms with Gasteiger partial charge in [-0.15, -0.1) is 0 Å². The largest absolute Gasteiger partial charge is 0.492 e. The molecular weight excluding hydrogens is 321 g/mol. The molecule has 1 amide bonds. The number of nitrogens with one attached hydrogen (secondary N) is 2. The van der Waals surface area contributed by atoms with Crippen molar-refractivity contribution in [1.82, 2.24) is 5.32 Å². The van der Waals surface area contributed by atoms with Crippen molar-refractivity contribution in [1.29, 1.82) is 0 Å². The molecule has 0 bridgehead atoms. The Morgan fingerprint density at radius 3 is 2.83 bits per heavy atom. The molecule has 24 heavy (non-hydrogen) atoms. The van der Waals surface area contributed by atoms with Crippen LogP contribution < -0.4 is 15.4 Å². The van der Waals surface area contributed by atoms with Crippen LogP contribution in [0.3, 0.4) is 0 Å². The van der Waals surface area contributed by atoms with Crippen molar-refractivity contribution in [3.05, 3.63) is 23.8 Å². The topological polar surface area (TPSA) is 50.4 Å². The zero-order valence-corrected chi connectivity index (χ0v) is 13.3. The molecule has 0 saturated heterocycles. The van der Waals surface area contributed by atoms with Crippen LogP contribution in [-0.2, 0) is 11.3 Å². The van der Waals surface area contributed by atoms with E-state index in [-0.39, 0.29) is 12.8 Å². The van der Waals surface area contributed by atoms with Gasteiger partial charge in [-0.05, 0) is 31.0 Å². The molecular formula is C17H21F3N2O2. The second-order valence-corrected chi connectivity index (χ2v) is 6.38. The third-order valence-corrected chi connectivity index (χ3v) is 4.70. The summed E-state index contributed by atoms with van der Waals surface area (Å²) in [6.07, 6.45) is -2.83. The first-order valence-electron chi connectivity index (χ1n) is 8.29. The average Bonchev–Trinajstić information content (AvgIpc) is 2.79. The maximum Gasteiger partial charge on any atom is 0.392 e.